The molecular formula is C32H30Cl2N2O7S2. The zero-order chi connectivity index (χ0) is 31.7. The van der Waals surface area contributed by atoms with Crippen LogP contribution in [0.15, 0.2) is 46.2 Å². The first kappa shape index (κ1) is 30.7. The van der Waals surface area contributed by atoms with Crippen molar-refractivity contribution in [2.45, 2.75) is 49.2 Å². The van der Waals surface area contributed by atoms with Crippen molar-refractivity contribution in [2.75, 3.05) is 13.7 Å². The smallest absolute Gasteiger partial charge is 0.326 e. The summed E-state index contributed by atoms with van der Waals surface area (Å²) in [4.78, 5) is 57.3. The number of aromatic nitrogens is 1. The van der Waals surface area contributed by atoms with Crippen molar-refractivity contribution in [3.8, 4) is 11.5 Å². The highest BCUT2D eigenvalue weighted by atomic mass is 35.5. The van der Waals surface area contributed by atoms with Crippen LogP contribution in [0.4, 0.5) is 0 Å². The predicted molar refractivity (Wildman–Crippen MR) is 170 cm³/mol. The van der Waals surface area contributed by atoms with E-state index in [2.05, 4.69) is 4.98 Å². The third-order valence-corrected chi connectivity index (χ3v) is 12.6. The van der Waals surface area contributed by atoms with E-state index in [0.29, 0.717) is 21.5 Å². The molecule has 2 bridgehead atoms. The Labute approximate surface area is 277 Å². The lowest BCUT2D eigenvalue weighted by atomic mass is 9.68. The van der Waals surface area contributed by atoms with Crippen molar-refractivity contribution >= 4 is 64.1 Å². The molecule has 4 aliphatic rings. The first-order valence-electron chi connectivity index (χ1n) is 14.7. The van der Waals surface area contributed by atoms with Gasteiger partial charge in [0.25, 0.3) is 0 Å². The topological polar surface area (TPSA) is 115 Å². The number of imide groups is 1. The normalized spacial score (nSPS) is 27.9. The van der Waals surface area contributed by atoms with Gasteiger partial charge in [0.05, 0.1) is 30.1 Å². The van der Waals surface area contributed by atoms with E-state index in [1.165, 1.54) is 11.3 Å². The van der Waals surface area contributed by atoms with Crippen LogP contribution in [0.1, 0.15) is 42.2 Å². The minimum Gasteiger partial charge on any atom is -0.493 e. The Morgan fingerprint density at radius 1 is 1.04 bits per heavy atom. The number of likely N-dealkylation sites (tertiary alicyclic amines) is 1. The van der Waals surface area contributed by atoms with E-state index < -0.39 is 17.8 Å². The largest absolute Gasteiger partial charge is 0.493 e. The maximum absolute atomic E-state index is 13.7. The number of thiazole rings is 1. The predicted octanol–water partition coefficient (Wildman–Crippen LogP) is 5.76. The number of aromatic amines is 1. The number of halogens is 2. The van der Waals surface area contributed by atoms with Gasteiger partial charge in [-0.05, 0) is 67.9 Å². The van der Waals surface area contributed by atoms with Crippen LogP contribution in [-0.4, -0.2) is 52.7 Å². The van der Waals surface area contributed by atoms with Crippen LogP contribution >= 0.6 is 46.3 Å². The molecule has 236 valence electrons. The second-order valence-corrected chi connectivity index (χ2v) is 15.2. The Kier molecular flexibility index (Phi) is 7.95. The number of thioether (sulfide) groups is 1. The fraction of sp³-hybridized carbons (Fsp3) is 0.438. The van der Waals surface area contributed by atoms with E-state index in [0.717, 1.165) is 32.4 Å². The standard InChI is InChI=1S/C32H30Cl2N2O7S2/c1-13(2)43-22(37)11-36-30(38)25-17-10-18(26(25)31(36)39)27-24(17)23(28-29(44-27)35-32(40)45-28)14-5-7-20(21(8-14)41-3)42-12-15-4-6-16(33)9-19(15)34/h4-9,13,17-18,23-27H,10-12H2,1-3H3,(H,35,40). The number of benzene rings is 2. The van der Waals surface area contributed by atoms with Crippen molar-refractivity contribution in [1.29, 1.82) is 0 Å². The molecule has 1 N–H and O–H groups in total. The number of carbonyl (C=O) groups excluding carboxylic acids is 3. The molecule has 13 heteroatoms. The lowest BCUT2D eigenvalue weighted by Gasteiger charge is -2.43. The van der Waals surface area contributed by atoms with Gasteiger partial charge in [-0.2, -0.15) is 0 Å². The number of esters is 1. The van der Waals surface area contributed by atoms with E-state index in [1.807, 2.05) is 24.3 Å². The number of amides is 2. The molecule has 2 aromatic carbocycles. The number of nitrogens with one attached hydrogen (secondary N) is 1. The molecule has 7 atom stereocenters. The van der Waals surface area contributed by atoms with E-state index in [-0.39, 0.29) is 64.9 Å². The average Bonchev–Trinajstić information content (AvgIpc) is 3.72. The summed E-state index contributed by atoms with van der Waals surface area (Å²) < 4.78 is 17.1. The molecule has 0 radical (unpaired) electrons. The molecule has 7 unspecified atom stereocenters. The fourth-order valence-electron chi connectivity index (χ4n) is 7.83. The molecule has 2 amide bonds. The summed E-state index contributed by atoms with van der Waals surface area (Å²) in [5, 5.41) is 1.88. The molecule has 0 spiro atoms. The van der Waals surface area contributed by atoms with Crippen LogP contribution in [0.5, 0.6) is 11.5 Å². The molecule has 9 nitrogen and oxygen atoms in total. The van der Waals surface area contributed by atoms with Gasteiger partial charge in [-0.3, -0.25) is 24.1 Å². The van der Waals surface area contributed by atoms with Gasteiger partial charge in [0.15, 0.2) is 11.5 Å². The summed E-state index contributed by atoms with van der Waals surface area (Å²) >= 11 is 15.2. The quantitative estimate of drug-likeness (QED) is 0.235. The van der Waals surface area contributed by atoms with Crippen LogP contribution in [0.25, 0.3) is 0 Å². The third kappa shape index (κ3) is 5.16. The second-order valence-electron chi connectivity index (χ2n) is 12.2. The van der Waals surface area contributed by atoms with E-state index >= 15 is 0 Å². The molecule has 3 fully saturated rings. The van der Waals surface area contributed by atoms with Gasteiger partial charge in [-0.15, -0.1) is 11.8 Å². The number of rotatable bonds is 8. The van der Waals surface area contributed by atoms with Gasteiger partial charge < -0.3 is 19.2 Å². The first-order chi connectivity index (χ1) is 21.5. The highest BCUT2D eigenvalue weighted by Gasteiger charge is 2.69. The van der Waals surface area contributed by atoms with Crippen LogP contribution < -0.4 is 14.3 Å². The van der Waals surface area contributed by atoms with Gasteiger partial charge in [-0.1, -0.05) is 46.7 Å². The summed E-state index contributed by atoms with van der Waals surface area (Å²) in [5.74, 6) is -1.40. The van der Waals surface area contributed by atoms with Crippen LogP contribution in [-0.2, 0) is 25.7 Å². The van der Waals surface area contributed by atoms with Gasteiger partial charge in [0.1, 0.15) is 13.2 Å². The number of nitrogens with zero attached hydrogens (tertiary/aromatic N) is 1. The highest BCUT2D eigenvalue weighted by molar-refractivity contribution is 8.00. The molecule has 2 aliphatic carbocycles. The SMILES string of the molecule is COc1cc(C2c3sc(=O)[nH]c3SC3C4CC(C5C(=O)N(CC(=O)OC(C)C)C(=O)C45)C23)ccc1OCc1ccc(Cl)cc1Cl. The summed E-state index contributed by atoms with van der Waals surface area (Å²) in [6, 6.07) is 11.0. The number of methoxy groups -OCH3 is 1. The Bertz CT molecular complexity index is 1770. The minimum absolute atomic E-state index is 0.00358. The zero-order valence-electron chi connectivity index (χ0n) is 24.6. The molecule has 2 aliphatic heterocycles. The van der Waals surface area contributed by atoms with Gasteiger partial charge in [-0.25, -0.2) is 0 Å². The number of hydrogen-bond acceptors (Lipinski definition) is 9. The maximum Gasteiger partial charge on any atom is 0.326 e. The van der Waals surface area contributed by atoms with Crippen molar-refractivity contribution < 1.29 is 28.6 Å². The minimum atomic E-state index is -0.587. The van der Waals surface area contributed by atoms with Crippen LogP contribution in [0.2, 0.25) is 10.0 Å². The summed E-state index contributed by atoms with van der Waals surface area (Å²) in [5.41, 5.74) is 1.72. The summed E-state index contributed by atoms with van der Waals surface area (Å²) in [6.45, 7) is 3.31. The van der Waals surface area contributed by atoms with Gasteiger partial charge in [0, 0.05) is 31.7 Å². The number of hydrogen-bond donors (Lipinski definition) is 1. The first-order valence-corrected chi connectivity index (χ1v) is 17.2. The monoisotopic (exact) mass is 688 g/mol. The van der Waals surface area contributed by atoms with Crippen molar-refractivity contribution in [3.05, 3.63) is 72.1 Å². The maximum atomic E-state index is 13.7. The molecular weight excluding hydrogens is 659 g/mol. The zero-order valence-corrected chi connectivity index (χ0v) is 27.7. The molecule has 3 heterocycles. The molecule has 1 saturated heterocycles. The van der Waals surface area contributed by atoms with E-state index in [4.69, 9.17) is 37.4 Å². The van der Waals surface area contributed by atoms with Crippen LogP contribution in [0, 0.1) is 29.6 Å². The lowest BCUT2D eigenvalue weighted by Crippen LogP contribution is -2.42. The number of ether oxygens (including phenoxy) is 3. The molecule has 1 aromatic heterocycles. The van der Waals surface area contributed by atoms with Crippen LogP contribution in [0.3, 0.4) is 0 Å². The Morgan fingerprint density at radius 3 is 2.51 bits per heavy atom. The fourth-order valence-corrected chi connectivity index (χ4v) is 11.2. The number of carbonyl (C=O) groups is 3. The Hall–Kier alpha value is -2.99. The van der Waals surface area contributed by atoms with Crippen molar-refractivity contribution in [1.82, 2.24) is 9.88 Å². The third-order valence-electron chi connectivity index (χ3n) is 9.41. The number of fused-ring (bicyclic) bond motifs is 9. The Morgan fingerprint density at radius 2 is 1.80 bits per heavy atom. The summed E-state index contributed by atoms with van der Waals surface area (Å²) in [6.07, 6.45) is 0.404. The van der Waals surface area contributed by atoms with Gasteiger partial charge in [0.2, 0.25) is 11.8 Å². The van der Waals surface area contributed by atoms with Gasteiger partial charge >= 0.3 is 10.8 Å². The summed E-state index contributed by atoms with van der Waals surface area (Å²) in [7, 11) is 1.57. The molecule has 2 saturated carbocycles. The van der Waals surface area contributed by atoms with Crippen molar-refractivity contribution in [3.63, 3.8) is 0 Å². The molecule has 3 aromatic rings. The van der Waals surface area contributed by atoms with E-state index in [9.17, 15) is 19.2 Å². The van der Waals surface area contributed by atoms with E-state index in [1.54, 1.807) is 44.9 Å². The number of H-pyrrole nitrogens is 1. The Balaban J connectivity index is 1.20. The highest BCUT2D eigenvalue weighted by Crippen LogP contribution is 2.68. The average molecular weight is 690 g/mol. The molecule has 45 heavy (non-hydrogen) atoms. The van der Waals surface area contributed by atoms with Crippen molar-refractivity contribution in [2.24, 2.45) is 29.6 Å². The molecule has 7 rings (SSSR count). The lowest BCUT2D eigenvalue weighted by molar-refractivity contribution is -0.155. The second kappa shape index (κ2) is 11.7.